The van der Waals surface area contributed by atoms with Crippen molar-refractivity contribution in [2.24, 2.45) is 5.92 Å². The van der Waals surface area contributed by atoms with Crippen molar-refractivity contribution in [3.63, 3.8) is 0 Å². The summed E-state index contributed by atoms with van der Waals surface area (Å²) in [4.78, 5) is 28.0. The summed E-state index contributed by atoms with van der Waals surface area (Å²) in [5, 5.41) is 0. The lowest BCUT2D eigenvalue weighted by molar-refractivity contribution is -0.298. The number of hydrogen-bond acceptors (Lipinski definition) is 3. The van der Waals surface area contributed by atoms with E-state index in [2.05, 4.69) is 0 Å². The van der Waals surface area contributed by atoms with Crippen molar-refractivity contribution < 1.29 is 14.3 Å². The summed E-state index contributed by atoms with van der Waals surface area (Å²) < 4.78 is 6.06. The van der Waals surface area contributed by atoms with Crippen LogP contribution < -0.4 is 4.90 Å². The van der Waals surface area contributed by atoms with Crippen molar-refractivity contribution in [3.8, 4) is 0 Å². The van der Waals surface area contributed by atoms with Gasteiger partial charge in [0.15, 0.2) is 11.2 Å². The number of para-hydroxylation sites is 1. The number of carbonyl (C=O) groups is 2. The molecule has 3 fully saturated rings. The van der Waals surface area contributed by atoms with Gasteiger partial charge in [-0.05, 0) is 37.5 Å². The molecule has 0 aromatic heterocycles. The van der Waals surface area contributed by atoms with E-state index in [1.165, 1.54) is 4.90 Å². The first-order chi connectivity index (χ1) is 11.8. The number of piperidine rings is 1. The summed E-state index contributed by atoms with van der Waals surface area (Å²) in [7, 11) is 0. The Morgan fingerprint density at radius 1 is 0.920 bits per heavy atom. The number of amides is 2. The van der Waals surface area contributed by atoms with Gasteiger partial charge in [-0.15, -0.1) is 0 Å². The van der Waals surface area contributed by atoms with Gasteiger partial charge in [-0.1, -0.05) is 55.5 Å². The Balaban J connectivity index is 1.92. The third-order valence-corrected chi connectivity index (χ3v) is 5.82. The van der Waals surface area contributed by atoms with Crippen LogP contribution in [0.25, 0.3) is 0 Å². The van der Waals surface area contributed by atoms with Crippen LogP contribution in [0.4, 0.5) is 5.69 Å². The van der Waals surface area contributed by atoms with Gasteiger partial charge in [0.05, 0.1) is 5.69 Å². The number of benzene rings is 2. The lowest BCUT2D eigenvalue weighted by Gasteiger charge is -2.63. The molecular formula is C21H21NO3. The lowest BCUT2D eigenvalue weighted by Crippen LogP contribution is -2.81. The Labute approximate surface area is 147 Å². The molecule has 3 heterocycles. The molecule has 3 saturated heterocycles. The molecule has 25 heavy (non-hydrogen) atoms. The van der Waals surface area contributed by atoms with Crippen LogP contribution >= 0.6 is 0 Å². The quantitative estimate of drug-likeness (QED) is 0.789. The fourth-order valence-corrected chi connectivity index (χ4v) is 4.26. The lowest BCUT2D eigenvalue weighted by atomic mass is 9.62. The minimum absolute atomic E-state index is 0.219. The van der Waals surface area contributed by atoms with Crippen molar-refractivity contribution in [2.75, 3.05) is 4.90 Å². The maximum Gasteiger partial charge on any atom is 0.271 e. The van der Waals surface area contributed by atoms with Crippen LogP contribution in [-0.4, -0.2) is 17.4 Å². The normalized spacial score (nSPS) is 31.0. The smallest absolute Gasteiger partial charge is 0.271 e. The highest BCUT2D eigenvalue weighted by Crippen LogP contribution is 2.59. The maximum atomic E-state index is 13.5. The summed E-state index contributed by atoms with van der Waals surface area (Å²) in [5.74, 6) is -0.791. The SMILES string of the molecule is Cc1cccc(C)c1N1C(=O)[C@]2(C)O[C@](c3ccccc3)(C1=O)[C@@H]2C. The van der Waals surface area contributed by atoms with E-state index in [0.717, 1.165) is 16.7 Å². The van der Waals surface area contributed by atoms with Gasteiger partial charge >= 0.3 is 0 Å². The van der Waals surface area contributed by atoms with E-state index in [1.54, 1.807) is 6.92 Å². The number of fused-ring (bicyclic) bond motifs is 2. The maximum absolute atomic E-state index is 13.5. The van der Waals surface area contributed by atoms with Gasteiger partial charge in [0.25, 0.3) is 11.8 Å². The van der Waals surface area contributed by atoms with Gasteiger partial charge in [0.2, 0.25) is 0 Å². The van der Waals surface area contributed by atoms with Gasteiger partial charge in [-0.2, -0.15) is 0 Å². The molecule has 2 aromatic rings. The number of imide groups is 1. The monoisotopic (exact) mass is 335 g/mol. The number of anilines is 1. The van der Waals surface area contributed by atoms with Gasteiger partial charge in [-0.25, -0.2) is 4.90 Å². The van der Waals surface area contributed by atoms with E-state index >= 15 is 0 Å². The first-order valence-electron chi connectivity index (χ1n) is 8.55. The fourth-order valence-electron chi connectivity index (χ4n) is 4.26. The van der Waals surface area contributed by atoms with Gasteiger partial charge in [0, 0.05) is 5.92 Å². The molecule has 5 rings (SSSR count). The second kappa shape index (κ2) is 5.02. The topological polar surface area (TPSA) is 46.6 Å². The molecule has 128 valence electrons. The Hall–Kier alpha value is -2.46. The highest BCUT2D eigenvalue weighted by molar-refractivity contribution is 6.25. The third-order valence-electron chi connectivity index (χ3n) is 5.82. The molecule has 2 bridgehead atoms. The van der Waals surface area contributed by atoms with E-state index in [1.807, 2.05) is 69.3 Å². The molecule has 4 heteroatoms. The van der Waals surface area contributed by atoms with E-state index in [0.29, 0.717) is 5.69 Å². The number of aryl methyl sites for hydroxylation is 2. The number of rotatable bonds is 2. The number of morpholine rings is 1. The molecule has 3 atom stereocenters. The molecule has 0 aliphatic carbocycles. The summed E-state index contributed by atoms with van der Waals surface area (Å²) in [6.45, 7) is 7.55. The Morgan fingerprint density at radius 3 is 2.08 bits per heavy atom. The van der Waals surface area contributed by atoms with Crippen LogP contribution in [0, 0.1) is 19.8 Å². The molecule has 0 radical (unpaired) electrons. The zero-order valence-electron chi connectivity index (χ0n) is 14.9. The van der Waals surface area contributed by atoms with Crippen LogP contribution in [0.2, 0.25) is 0 Å². The molecule has 0 spiro atoms. The number of ether oxygens (including phenoxy) is 1. The molecular weight excluding hydrogens is 314 g/mol. The number of hydrogen-bond donors (Lipinski definition) is 0. The molecule has 0 N–H and O–H groups in total. The number of carbonyl (C=O) groups excluding carboxylic acids is 2. The predicted molar refractivity (Wildman–Crippen MR) is 95.2 cm³/mol. The summed E-state index contributed by atoms with van der Waals surface area (Å²) in [5.41, 5.74) is 1.20. The zero-order chi connectivity index (χ0) is 18.0. The van der Waals surface area contributed by atoms with Crippen molar-refractivity contribution in [3.05, 3.63) is 65.2 Å². The second-order valence-electron chi connectivity index (χ2n) is 7.22. The average Bonchev–Trinajstić information content (AvgIpc) is 2.60. The molecule has 2 amide bonds. The van der Waals surface area contributed by atoms with Crippen LogP contribution in [-0.2, 0) is 19.9 Å². The minimum Gasteiger partial charge on any atom is -0.343 e. The third kappa shape index (κ3) is 1.80. The summed E-state index contributed by atoms with van der Waals surface area (Å²) in [6.07, 6.45) is 0. The summed E-state index contributed by atoms with van der Waals surface area (Å²) >= 11 is 0. The Morgan fingerprint density at radius 2 is 1.52 bits per heavy atom. The molecule has 3 aliphatic heterocycles. The van der Waals surface area contributed by atoms with Gasteiger partial charge in [0.1, 0.15) is 0 Å². The molecule has 0 unspecified atom stereocenters. The minimum atomic E-state index is -1.10. The fraction of sp³-hybridized carbons (Fsp3) is 0.333. The van der Waals surface area contributed by atoms with E-state index < -0.39 is 11.2 Å². The highest BCUT2D eigenvalue weighted by Gasteiger charge is 2.75. The molecule has 0 saturated carbocycles. The first-order valence-corrected chi connectivity index (χ1v) is 8.55. The van der Waals surface area contributed by atoms with Gasteiger partial charge < -0.3 is 4.74 Å². The van der Waals surface area contributed by atoms with Crippen LogP contribution in [0.15, 0.2) is 48.5 Å². The molecule has 3 aliphatic rings. The van der Waals surface area contributed by atoms with Crippen molar-refractivity contribution in [1.29, 1.82) is 0 Å². The standard InChI is InChI=1S/C21H21NO3/c1-13-9-8-10-14(2)17(13)22-18(23)20(4)15(3)21(25-20,19(22)24)16-11-6-5-7-12-16/h5-12,15H,1-4H3/t15-,20-,21-/m1/s1. The van der Waals surface area contributed by atoms with E-state index in [-0.39, 0.29) is 17.7 Å². The molecule has 2 aromatic carbocycles. The van der Waals surface area contributed by atoms with Crippen molar-refractivity contribution >= 4 is 17.5 Å². The van der Waals surface area contributed by atoms with E-state index in [4.69, 9.17) is 4.74 Å². The first kappa shape index (κ1) is 16.0. The van der Waals surface area contributed by atoms with Crippen molar-refractivity contribution in [1.82, 2.24) is 0 Å². The van der Waals surface area contributed by atoms with Crippen molar-refractivity contribution in [2.45, 2.75) is 38.9 Å². The van der Waals surface area contributed by atoms with Crippen LogP contribution in [0.5, 0.6) is 0 Å². The Kier molecular flexibility index (Phi) is 3.22. The van der Waals surface area contributed by atoms with Crippen LogP contribution in [0.3, 0.4) is 0 Å². The zero-order valence-corrected chi connectivity index (χ0v) is 14.9. The van der Waals surface area contributed by atoms with Gasteiger partial charge in [-0.3, -0.25) is 9.59 Å². The Bertz CT molecular complexity index is 871. The highest BCUT2D eigenvalue weighted by atomic mass is 16.6. The average molecular weight is 335 g/mol. The second-order valence-corrected chi connectivity index (χ2v) is 7.22. The largest absolute Gasteiger partial charge is 0.343 e. The summed E-state index contributed by atoms with van der Waals surface area (Å²) in [6, 6.07) is 15.3. The van der Waals surface area contributed by atoms with Crippen LogP contribution in [0.1, 0.15) is 30.5 Å². The molecule has 4 nitrogen and oxygen atoms in total. The van der Waals surface area contributed by atoms with E-state index in [9.17, 15) is 9.59 Å². The predicted octanol–water partition coefficient (Wildman–Crippen LogP) is 3.50. The number of nitrogens with zero attached hydrogens (tertiary/aromatic N) is 1.